The Kier molecular flexibility index (Phi) is 6.05. The SMILES string of the molecule is O=C(O)/C=C\N=C(c1ccccc1)c1ccccc1NC(=O)c1ccccn1. The van der Waals surface area contributed by atoms with Gasteiger partial charge in [-0.2, -0.15) is 0 Å². The topological polar surface area (TPSA) is 91.6 Å². The maximum Gasteiger partial charge on any atom is 0.329 e. The number of carboxylic acids is 1. The molecule has 138 valence electrons. The number of carboxylic acid groups (broad SMARTS) is 1. The van der Waals surface area contributed by atoms with E-state index in [2.05, 4.69) is 15.3 Å². The molecule has 2 aromatic carbocycles. The molecule has 1 aromatic heterocycles. The number of carbonyl (C=O) groups excluding carboxylic acids is 1. The molecule has 0 bridgehead atoms. The van der Waals surface area contributed by atoms with Crippen LogP contribution in [0.4, 0.5) is 5.69 Å². The highest BCUT2D eigenvalue weighted by molar-refractivity contribution is 6.18. The molecule has 0 spiro atoms. The number of amides is 1. The van der Waals surface area contributed by atoms with Gasteiger partial charge in [0.2, 0.25) is 0 Å². The molecule has 0 radical (unpaired) electrons. The minimum Gasteiger partial charge on any atom is -0.478 e. The van der Waals surface area contributed by atoms with Crippen molar-refractivity contribution < 1.29 is 14.7 Å². The van der Waals surface area contributed by atoms with E-state index >= 15 is 0 Å². The Morgan fingerprint density at radius 3 is 2.36 bits per heavy atom. The van der Waals surface area contributed by atoms with Crippen molar-refractivity contribution in [2.75, 3.05) is 5.32 Å². The summed E-state index contributed by atoms with van der Waals surface area (Å²) in [5, 5.41) is 11.7. The maximum atomic E-state index is 12.5. The molecule has 6 heteroatoms. The van der Waals surface area contributed by atoms with Gasteiger partial charge in [0.05, 0.1) is 11.4 Å². The summed E-state index contributed by atoms with van der Waals surface area (Å²) in [6, 6.07) is 21.6. The molecule has 3 rings (SSSR count). The normalized spacial score (nSPS) is 11.4. The highest BCUT2D eigenvalue weighted by Gasteiger charge is 2.14. The average Bonchev–Trinajstić information content (AvgIpc) is 2.73. The zero-order valence-electron chi connectivity index (χ0n) is 14.8. The lowest BCUT2D eigenvalue weighted by molar-refractivity contribution is -0.131. The molecule has 1 amide bonds. The van der Waals surface area contributed by atoms with Crippen LogP contribution in [-0.2, 0) is 4.79 Å². The fourth-order valence-electron chi connectivity index (χ4n) is 2.55. The highest BCUT2D eigenvalue weighted by Crippen LogP contribution is 2.21. The van der Waals surface area contributed by atoms with Crippen molar-refractivity contribution in [3.05, 3.63) is 108 Å². The van der Waals surface area contributed by atoms with E-state index in [4.69, 9.17) is 5.11 Å². The van der Waals surface area contributed by atoms with Crippen molar-refractivity contribution in [3.8, 4) is 0 Å². The van der Waals surface area contributed by atoms with Gasteiger partial charge >= 0.3 is 5.97 Å². The Labute approximate surface area is 161 Å². The number of pyridine rings is 1. The van der Waals surface area contributed by atoms with Crippen LogP contribution in [0.5, 0.6) is 0 Å². The maximum absolute atomic E-state index is 12.5. The molecule has 0 unspecified atom stereocenters. The Hall–Kier alpha value is -4.06. The van der Waals surface area contributed by atoms with E-state index in [1.54, 1.807) is 36.5 Å². The Morgan fingerprint density at radius 1 is 0.929 bits per heavy atom. The molecule has 0 saturated carbocycles. The van der Waals surface area contributed by atoms with Gasteiger partial charge in [0.25, 0.3) is 5.91 Å². The fourth-order valence-corrected chi connectivity index (χ4v) is 2.55. The number of aliphatic imine (C=N–C) groups is 1. The van der Waals surface area contributed by atoms with Gasteiger partial charge in [-0.1, -0.05) is 54.6 Å². The zero-order chi connectivity index (χ0) is 19.8. The molecular weight excluding hydrogens is 354 g/mol. The highest BCUT2D eigenvalue weighted by atomic mass is 16.4. The molecule has 0 atom stereocenters. The number of hydrogen-bond donors (Lipinski definition) is 2. The van der Waals surface area contributed by atoms with Crippen molar-refractivity contribution in [1.82, 2.24) is 4.98 Å². The molecule has 2 N–H and O–H groups in total. The Balaban J connectivity index is 2.02. The second-order valence-corrected chi connectivity index (χ2v) is 5.71. The minimum absolute atomic E-state index is 0.293. The Morgan fingerprint density at radius 2 is 1.64 bits per heavy atom. The fraction of sp³-hybridized carbons (Fsp3) is 0. The van der Waals surface area contributed by atoms with E-state index in [-0.39, 0.29) is 5.91 Å². The second-order valence-electron chi connectivity index (χ2n) is 5.71. The van der Waals surface area contributed by atoms with Gasteiger partial charge in [-0.3, -0.25) is 14.8 Å². The lowest BCUT2D eigenvalue weighted by atomic mass is 10.0. The summed E-state index contributed by atoms with van der Waals surface area (Å²) in [7, 11) is 0. The van der Waals surface area contributed by atoms with E-state index in [1.165, 1.54) is 6.20 Å². The van der Waals surface area contributed by atoms with Crippen molar-refractivity contribution >= 4 is 23.3 Å². The van der Waals surface area contributed by atoms with E-state index in [1.807, 2.05) is 42.5 Å². The lowest BCUT2D eigenvalue weighted by Crippen LogP contribution is -2.16. The standard InChI is InChI=1S/C22H17N3O3/c26-20(27)13-15-24-21(16-8-2-1-3-9-16)17-10-4-5-11-18(17)25-22(28)19-12-6-7-14-23-19/h1-15H,(H,25,28)(H,26,27)/b15-13-,24-21?. The summed E-state index contributed by atoms with van der Waals surface area (Å²) in [6.07, 6.45) is 3.73. The molecular formula is C22H17N3O3. The number of carbonyl (C=O) groups is 2. The molecule has 0 saturated heterocycles. The van der Waals surface area contributed by atoms with Crippen LogP contribution in [0.1, 0.15) is 21.6 Å². The number of benzene rings is 2. The first-order valence-electron chi connectivity index (χ1n) is 8.49. The summed E-state index contributed by atoms with van der Waals surface area (Å²) in [4.78, 5) is 31.7. The summed E-state index contributed by atoms with van der Waals surface area (Å²) in [5.74, 6) is -1.44. The zero-order valence-corrected chi connectivity index (χ0v) is 14.8. The van der Waals surface area contributed by atoms with Crippen molar-refractivity contribution in [3.63, 3.8) is 0 Å². The van der Waals surface area contributed by atoms with Crippen LogP contribution >= 0.6 is 0 Å². The van der Waals surface area contributed by atoms with E-state index in [0.29, 0.717) is 22.7 Å². The minimum atomic E-state index is -1.09. The number of nitrogens with one attached hydrogen (secondary N) is 1. The lowest BCUT2D eigenvalue weighted by Gasteiger charge is -2.13. The van der Waals surface area contributed by atoms with Gasteiger partial charge in [0.15, 0.2) is 0 Å². The van der Waals surface area contributed by atoms with Crippen LogP contribution in [0.25, 0.3) is 0 Å². The molecule has 0 aliphatic heterocycles. The van der Waals surface area contributed by atoms with Crippen LogP contribution < -0.4 is 5.32 Å². The summed E-state index contributed by atoms with van der Waals surface area (Å²) >= 11 is 0. The smallest absolute Gasteiger partial charge is 0.329 e. The summed E-state index contributed by atoms with van der Waals surface area (Å²) in [5.41, 5.74) is 2.82. The number of nitrogens with zero attached hydrogens (tertiary/aromatic N) is 2. The molecule has 0 fully saturated rings. The summed E-state index contributed by atoms with van der Waals surface area (Å²) in [6.45, 7) is 0. The molecule has 6 nitrogen and oxygen atoms in total. The number of anilines is 1. The monoisotopic (exact) mass is 371 g/mol. The van der Waals surface area contributed by atoms with Crippen LogP contribution in [0.15, 0.2) is 96.3 Å². The van der Waals surface area contributed by atoms with Gasteiger partial charge in [0.1, 0.15) is 5.69 Å². The first kappa shape index (κ1) is 18.7. The molecule has 3 aromatic rings. The molecule has 0 aliphatic carbocycles. The third-order valence-corrected chi connectivity index (χ3v) is 3.80. The number of aromatic nitrogens is 1. The number of hydrogen-bond acceptors (Lipinski definition) is 4. The molecule has 1 heterocycles. The molecule has 28 heavy (non-hydrogen) atoms. The Bertz CT molecular complexity index is 1030. The number of aliphatic carboxylic acids is 1. The first-order valence-corrected chi connectivity index (χ1v) is 8.49. The van der Waals surface area contributed by atoms with E-state index < -0.39 is 5.97 Å². The van der Waals surface area contributed by atoms with Gasteiger partial charge in [0, 0.05) is 29.6 Å². The first-order chi connectivity index (χ1) is 13.6. The van der Waals surface area contributed by atoms with Gasteiger partial charge in [-0.25, -0.2) is 4.79 Å². The van der Waals surface area contributed by atoms with Gasteiger partial charge in [-0.05, 0) is 18.2 Å². The third-order valence-electron chi connectivity index (χ3n) is 3.80. The predicted octanol–water partition coefficient (Wildman–Crippen LogP) is 3.77. The van der Waals surface area contributed by atoms with Crippen molar-refractivity contribution in [2.24, 2.45) is 4.99 Å². The number of para-hydroxylation sites is 1. The van der Waals surface area contributed by atoms with Crippen LogP contribution in [0.2, 0.25) is 0 Å². The average molecular weight is 371 g/mol. The predicted molar refractivity (Wildman–Crippen MR) is 107 cm³/mol. The number of rotatable bonds is 6. The van der Waals surface area contributed by atoms with Crippen LogP contribution in [0, 0.1) is 0 Å². The van der Waals surface area contributed by atoms with Crippen molar-refractivity contribution in [2.45, 2.75) is 0 Å². The van der Waals surface area contributed by atoms with Gasteiger partial charge in [-0.15, -0.1) is 0 Å². The largest absolute Gasteiger partial charge is 0.478 e. The quantitative estimate of drug-likeness (QED) is 0.510. The van der Waals surface area contributed by atoms with E-state index in [9.17, 15) is 9.59 Å². The van der Waals surface area contributed by atoms with E-state index in [0.717, 1.165) is 11.6 Å². The van der Waals surface area contributed by atoms with Crippen molar-refractivity contribution in [1.29, 1.82) is 0 Å². The van der Waals surface area contributed by atoms with Gasteiger partial charge < -0.3 is 10.4 Å². The summed E-state index contributed by atoms with van der Waals surface area (Å²) < 4.78 is 0. The third kappa shape index (κ3) is 4.76. The van der Waals surface area contributed by atoms with Crippen LogP contribution in [-0.4, -0.2) is 27.7 Å². The molecule has 0 aliphatic rings. The second kappa shape index (κ2) is 9.05. The van der Waals surface area contributed by atoms with Crippen LogP contribution in [0.3, 0.4) is 0 Å².